The Hall–Kier alpha value is -1.46. The molecular weight excluding hydrogens is 170 g/mol. The Bertz CT molecular complexity index is 263. The van der Waals surface area contributed by atoms with Crippen LogP contribution in [0.2, 0.25) is 0 Å². The van der Waals surface area contributed by atoms with Crippen LogP contribution in [-0.2, 0) is 4.84 Å². The first-order valence-electron chi connectivity index (χ1n) is 3.84. The van der Waals surface area contributed by atoms with Crippen molar-refractivity contribution in [1.29, 1.82) is 0 Å². The SMILES string of the molecule is NOCCNC(=O)c1cccnc1. The maximum atomic E-state index is 11.3. The minimum Gasteiger partial charge on any atom is -0.350 e. The summed E-state index contributed by atoms with van der Waals surface area (Å²) in [6, 6.07) is 3.39. The molecule has 0 radical (unpaired) electrons. The average Bonchev–Trinajstić information content (AvgIpc) is 2.19. The molecule has 0 aliphatic heterocycles. The van der Waals surface area contributed by atoms with E-state index in [1.54, 1.807) is 18.3 Å². The summed E-state index contributed by atoms with van der Waals surface area (Å²) < 4.78 is 0. The molecule has 0 unspecified atom stereocenters. The van der Waals surface area contributed by atoms with Crippen LogP contribution in [0, 0.1) is 0 Å². The van der Waals surface area contributed by atoms with Crippen molar-refractivity contribution in [2.24, 2.45) is 5.90 Å². The summed E-state index contributed by atoms with van der Waals surface area (Å²) in [7, 11) is 0. The molecule has 70 valence electrons. The number of aromatic nitrogens is 1. The van der Waals surface area contributed by atoms with Crippen molar-refractivity contribution in [1.82, 2.24) is 10.3 Å². The van der Waals surface area contributed by atoms with Crippen molar-refractivity contribution >= 4 is 5.91 Å². The second-order valence-electron chi connectivity index (χ2n) is 2.37. The normalized spacial score (nSPS) is 9.62. The number of carbonyl (C=O) groups is 1. The predicted octanol–water partition coefficient (Wildman–Crippen LogP) is -0.298. The molecule has 5 nitrogen and oxygen atoms in total. The van der Waals surface area contributed by atoms with E-state index in [-0.39, 0.29) is 5.91 Å². The van der Waals surface area contributed by atoms with Crippen LogP contribution in [0.1, 0.15) is 10.4 Å². The molecule has 0 aromatic carbocycles. The number of nitrogens with zero attached hydrogens (tertiary/aromatic N) is 1. The van der Waals surface area contributed by atoms with Gasteiger partial charge in [0.15, 0.2) is 0 Å². The topological polar surface area (TPSA) is 77.2 Å². The summed E-state index contributed by atoms with van der Waals surface area (Å²) in [5.74, 6) is 4.61. The number of pyridine rings is 1. The van der Waals surface area contributed by atoms with Gasteiger partial charge in [-0.15, -0.1) is 0 Å². The van der Waals surface area contributed by atoms with Crippen LogP contribution in [0.4, 0.5) is 0 Å². The summed E-state index contributed by atoms with van der Waals surface area (Å²) >= 11 is 0. The molecule has 0 spiro atoms. The third-order valence-electron chi connectivity index (χ3n) is 1.43. The standard InChI is InChI=1S/C8H11N3O2/c9-13-5-4-11-8(12)7-2-1-3-10-6-7/h1-3,6H,4-5,9H2,(H,11,12). The number of carbonyl (C=O) groups excluding carboxylic acids is 1. The van der Waals surface area contributed by atoms with Crippen molar-refractivity contribution in [3.63, 3.8) is 0 Å². The highest BCUT2D eigenvalue weighted by molar-refractivity contribution is 5.93. The van der Waals surface area contributed by atoms with Crippen LogP contribution in [0.25, 0.3) is 0 Å². The quantitative estimate of drug-likeness (QED) is 0.494. The zero-order valence-electron chi connectivity index (χ0n) is 7.06. The molecular formula is C8H11N3O2. The summed E-state index contributed by atoms with van der Waals surface area (Å²) in [6.45, 7) is 0.691. The Morgan fingerprint density at radius 2 is 2.54 bits per heavy atom. The fraction of sp³-hybridized carbons (Fsp3) is 0.250. The van der Waals surface area contributed by atoms with Crippen molar-refractivity contribution in [2.75, 3.05) is 13.2 Å². The molecule has 1 heterocycles. The van der Waals surface area contributed by atoms with Gasteiger partial charge in [0.1, 0.15) is 0 Å². The van der Waals surface area contributed by atoms with Gasteiger partial charge >= 0.3 is 0 Å². The fourth-order valence-corrected chi connectivity index (χ4v) is 0.823. The van der Waals surface area contributed by atoms with Gasteiger partial charge in [0.2, 0.25) is 0 Å². The second-order valence-corrected chi connectivity index (χ2v) is 2.37. The van der Waals surface area contributed by atoms with E-state index in [9.17, 15) is 4.79 Å². The van der Waals surface area contributed by atoms with Gasteiger partial charge in [-0.2, -0.15) is 0 Å². The van der Waals surface area contributed by atoms with E-state index >= 15 is 0 Å². The molecule has 0 aliphatic carbocycles. The minimum absolute atomic E-state index is 0.176. The first-order valence-corrected chi connectivity index (χ1v) is 3.84. The van der Waals surface area contributed by atoms with Crippen LogP contribution in [0.15, 0.2) is 24.5 Å². The molecule has 0 saturated carbocycles. The molecule has 1 rings (SSSR count). The van der Waals surface area contributed by atoms with Crippen LogP contribution in [0.3, 0.4) is 0 Å². The average molecular weight is 181 g/mol. The zero-order chi connectivity index (χ0) is 9.52. The fourth-order valence-electron chi connectivity index (χ4n) is 0.823. The lowest BCUT2D eigenvalue weighted by atomic mass is 10.3. The first kappa shape index (κ1) is 9.63. The molecule has 0 saturated heterocycles. The lowest BCUT2D eigenvalue weighted by Gasteiger charge is -2.02. The van der Waals surface area contributed by atoms with Gasteiger partial charge in [-0.1, -0.05) is 0 Å². The molecule has 0 bridgehead atoms. The Labute approximate surface area is 75.9 Å². The summed E-state index contributed by atoms with van der Waals surface area (Å²) in [6.07, 6.45) is 3.11. The lowest BCUT2D eigenvalue weighted by Crippen LogP contribution is -2.28. The number of rotatable bonds is 4. The maximum absolute atomic E-state index is 11.3. The zero-order valence-corrected chi connectivity index (χ0v) is 7.06. The summed E-state index contributed by atoms with van der Waals surface area (Å²) in [4.78, 5) is 19.4. The second kappa shape index (κ2) is 5.23. The van der Waals surface area contributed by atoms with Crippen molar-refractivity contribution in [2.45, 2.75) is 0 Å². The molecule has 0 atom stereocenters. The summed E-state index contributed by atoms with van der Waals surface area (Å²) in [5, 5.41) is 2.62. The number of hydrogen-bond acceptors (Lipinski definition) is 4. The van der Waals surface area contributed by atoms with E-state index in [4.69, 9.17) is 5.90 Å². The molecule has 0 fully saturated rings. The van der Waals surface area contributed by atoms with Gasteiger partial charge in [-0.25, -0.2) is 5.90 Å². The molecule has 5 heteroatoms. The Morgan fingerprint density at radius 1 is 1.69 bits per heavy atom. The van der Waals surface area contributed by atoms with Crippen LogP contribution in [-0.4, -0.2) is 24.0 Å². The van der Waals surface area contributed by atoms with Gasteiger partial charge < -0.3 is 10.2 Å². The van der Waals surface area contributed by atoms with E-state index in [0.29, 0.717) is 18.7 Å². The van der Waals surface area contributed by atoms with E-state index in [1.807, 2.05) is 0 Å². The lowest BCUT2D eigenvalue weighted by molar-refractivity contribution is 0.0916. The first-order chi connectivity index (χ1) is 6.34. The Morgan fingerprint density at radius 3 is 3.15 bits per heavy atom. The Kier molecular flexibility index (Phi) is 3.87. The van der Waals surface area contributed by atoms with E-state index in [1.165, 1.54) is 6.20 Å². The molecule has 1 aromatic rings. The smallest absolute Gasteiger partial charge is 0.252 e. The van der Waals surface area contributed by atoms with Crippen molar-refractivity contribution in [3.05, 3.63) is 30.1 Å². The number of hydrogen-bond donors (Lipinski definition) is 2. The molecule has 13 heavy (non-hydrogen) atoms. The van der Waals surface area contributed by atoms with Crippen LogP contribution < -0.4 is 11.2 Å². The van der Waals surface area contributed by atoms with E-state index < -0.39 is 0 Å². The molecule has 1 amide bonds. The van der Waals surface area contributed by atoms with Gasteiger partial charge in [-0.3, -0.25) is 9.78 Å². The minimum atomic E-state index is -0.176. The van der Waals surface area contributed by atoms with Crippen molar-refractivity contribution in [3.8, 4) is 0 Å². The number of nitrogens with two attached hydrogens (primary N) is 1. The third-order valence-corrected chi connectivity index (χ3v) is 1.43. The maximum Gasteiger partial charge on any atom is 0.252 e. The number of nitrogens with one attached hydrogen (secondary N) is 1. The highest BCUT2D eigenvalue weighted by Gasteiger charge is 2.02. The largest absolute Gasteiger partial charge is 0.350 e. The molecule has 3 N–H and O–H groups in total. The monoisotopic (exact) mass is 181 g/mol. The van der Waals surface area contributed by atoms with Crippen LogP contribution >= 0.6 is 0 Å². The molecule has 1 aromatic heterocycles. The summed E-state index contributed by atoms with van der Waals surface area (Å²) in [5.41, 5.74) is 0.527. The van der Waals surface area contributed by atoms with Gasteiger partial charge in [0.05, 0.1) is 12.2 Å². The van der Waals surface area contributed by atoms with Gasteiger partial charge in [0, 0.05) is 18.9 Å². The van der Waals surface area contributed by atoms with Crippen LogP contribution in [0.5, 0.6) is 0 Å². The van der Waals surface area contributed by atoms with E-state index in [0.717, 1.165) is 0 Å². The highest BCUT2D eigenvalue weighted by Crippen LogP contribution is 1.93. The predicted molar refractivity (Wildman–Crippen MR) is 46.7 cm³/mol. The van der Waals surface area contributed by atoms with Crippen molar-refractivity contribution < 1.29 is 9.63 Å². The number of amides is 1. The highest BCUT2D eigenvalue weighted by atomic mass is 16.6. The van der Waals surface area contributed by atoms with E-state index in [2.05, 4.69) is 15.1 Å². The van der Waals surface area contributed by atoms with Gasteiger partial charge in [0.25, 0.3) is 5.91 Å². The third kappa shape index (κ3) is 3.18. The Balaban J connectivity index is 2.40. The molecule has 0 aliphatic rings. The van der Waals surface area contributed by atoms with Gasteiger partial charge in [-0.05, 0) is 12.1 Å².